The second-order valence-corrected chi connectivity index (χ2v) is 6.82. The van der Waals surface area contributed by atoms with Gasteiger partial charge in [-0.2, -0.15) is 0 Å². The topological polar surface area (TPSA) is 98.0 Å². The van der Waals surface area contributed by atoms with Gasteiger partial charge < -0.3 is 9.15 Å². The van der Waals surface area contributed by atoms with Gasteiger partial charge in [0.25, 0.3) is 5.91 Å². The van der Waals surface area contributed by atoms with Gasteiger partial charge in [0.1, 0.15) is 16.9 Å². The van der Waals surface area contributed by atoms with E-state index in [1.807, 2.05) is 0 Å². The molecule has 1 aromatic heterocycles. The van der Waals surface area contributed by atoms with E-state index in [0.717, 1.165) is 0 Å². The van der Waals surface area contributed by atoms with E-state index in [9.17, 15) is 14.4 Å². The van der Waals surface area contributed by atoms with Gasteiger partial charge >= 0.3 is 5.97 Å². The Kier molecular flexibility index (Phi) is 6.00. The number of carbonyl (C=O) groups excluding carboxylic acids is 3. The lowest BCUT2D eigenvalue weighted by atomic mass is 10.1. The highest BCUT2D eigenvalue weighted by Gasteiger charge is 2.15. The van der Waals surface area contributed by atoms with Gasteiger partial charge in [0.05, 0.1) is 10.7 Å². The molecule has 2 amide bonds. The molecule has 0 bridgehead atoms. The molecule has 148 valence electrons. The van der Waals surface area contributed by atoms with Crippen LogP contribution in [0.3, 0.4) is 0 Å². The molecule has 0 atom stereocenters. The normalized spacial score (nSPS) is 11.4. The van der Waals surface area contributed by atoms with Gasteiger partial charge in [0.2, 0.25) is 11.5 Å². The van der Waals surface area contributed by atoms with E-state index in [1.54, 1.807) is 24.3 Å². The Morgan fingerprint density at radius 1 is 1.03 bits per heavy atom. The predicted octanol–water partition coefficient (Wildman–Crippen LogP) is 4.17. The molecule has 0 fully saturated rings. The van der Waals surface area contributed by atoms with Crippen LogP contribution >= 0.6 is 23.2 Å². The van der Waals surface area contributed by atoms with Crippen LogP contribution in [0.25, 0.3) is 11.0 Å². The van der Waals surface area contributed by atoms with Gasteiger partial charge in [-0.15, -0.1) is 0 Å². The molecule has 3 aromatic rings. The van der Waals surface area contributed by atoms with E-state index >= 15 is 0 Å². The van der Waals surface area contributed by atoms with E-state index in [4.69, 9.17) is 32.4 Å². The number of carbonyl (C=O) groups is 3. The molecule has 0 saturated carbocycles. The van der Waals surface area contributed by atoms with Crippen LogP contribution in [0.15, 0.2) is 51.9 Å². The Bertz CT molecular complexity index is 1220. The number of benzene rings is 2. The number of amides is 2. The average molecular weight is 433 g/mol. The van der Waals surface area contributed by atoms with Crippen LogP contribution in [-0.4, -0.2) is 17.8 Å². The third-order valence-corrected chi connectivity index (χ3v) is 4.19. The minimum Gasteiger partial charge on any atom is -0.437 e. The molecule has 0 aliphatic carbocycles. The summed E-state index contributed by atoms with van der Waals surface area (Å²) in [4.78, 5) is 39.3. The number of halogens is 2. The Labute approximate surface area is 174 Å². The fourth-order valence-corrected chi connectivity index (χ4v) is 2.93. The van der Waals surface area contributed by atoms with E-state index in [1.165, 1.54) is 32.0 Å². The van der Waals surface area contributed by atoms with Crippen molar-refractivity contribution in [1.82, 2.24) is 5.32 Å². The molecule has 0 radical (unpaired) electrons. The fraction of sp³-hybridized carbons (Fsp3) is 0.100. The zero-order valence-electron chi connectivity index (χ0n) is 15.3. The Hall–Kier alpha value is -3.16. The van der Waals surface area contributed by atoms with Gasteiger partial charge in [0.15, 0.2) is 0 Å². The van der Waals surface area contributed by atoms with Crippen LogP contribution in [0.2, 0.25) is 10.0 Å². The lowest BCUT2D eigenvalue weighted by Crippen LogP contribution is -2.32. The van der Waals surface area contributed by atoms with Crippen LogP contribution in [0.1, 0.15) is 24.2 Å². The van der Waals surface area contributed by atoms with Gasteiger partial charge in [-0.3, -0.25) is 19.7 Å². The van der Waals surface area contributed by atoms with Crippen LogP contribution in [0.4, 0.5) is 5.69 Å². The van der Waals surface area contributed by atoms with Crippen molar-refractivity contribution in [1.29, 1.82) is 0 Å². The molecule has 0 spiro atoms. The SMILES string of the molecule is CC(=O)NC(=O)c1cc2ccc(OC(C)=O)cc2oc1=Nc1ccc(Cl)cc1Cl. The summed E-state index contributed by atoms with van der Waals surface area (Å²) in [5, 5.41) is 3.40. The van der Waals surface area contributed by atoms with Crippen LogP contribution in [0.5, 0.6) is 5.75 Å². The number of hydrogen-bond acceptors (Lipinski definition) is 6. The number of imide groups is 1. The van der Waals surface area contributed by atoms with Crippen LogP contribution in [0, 0.1) is 0 Å². The summed E-state index contributed by atoms with van der Waals surface area (Å²) in [6.45, 7) is 2.49. The minimum absolute atomic E-state index is 0.0268. The number of fused-ring (bicyclic) bond motifs is 1. The molecule has 0 unspecified atom stereocenters. The standard InChI is InChI=1S/C20H14Cl2N2O5/c1-10(25)23-19(27)15-7-12-3-5-14(28-11(2)26)9-18(12)29-20(15)24-17-6-4-13(21)8-16(17)22/h3-9H,1-2H3,(H,23,25,27). The molecule has 1 N–H and O–H groups in total. The molecule has 2 aromatic carbocycles. The van der Waals surface area contributed by atoms with Crippen molar-refractivity contribution >= 4 is 57.6 Å². The highest BCUT2D eigenvalue weighted by atomic mass is 35.5. The zero-order valence-corrected chi connectivity index (χ0v) is 16.8. The maximum Gasteiger partial charge on any atom is 0.308 e. The zero-order chi connectivity index (χ0) is 21.1. The lowest BCUT2D eigenvalue weighted by molar-refractivity contribution is -0.131. The second kappa shape index (κ2) is 8.46. The van der Waals surface area contributed by atoms with E-state index in [0.29, 0.717) is 21.7 Å². The van der Waals surface area contributed by atoms with Crippen molar-refractivity contribution < 1.29 is 23.5 Å². The summed E-state index contributed by atoms with van der Waals surface area (Å²) < 4.78 is 10.8. The molecular formula is C20H14Cl2N2O5. The first kappa shape index (κ1) is 20.6. The van der Waals surface area contributed by atoms with E-state index < -0.39 is 17.8 Å². The van der Waals surface area contributed by atoms with Crippen molar-refractivity contribution in [3.05, 3.63) is 63.6 Å². The number of ether oxygens (including phenoxy) is 1. The molecule has 29 heavy (non-hydrogen) atoms. The smallest absolute Gasteiger partial charge is 0.308 e. The van der Waals surface area contributed by atoms with E-state index in [2.05, 4.69) is 10.3 Å². The molecule has 0 aliphatic rings. The number of hydrogen-bond donors (Lipinski definition) is 1. The number of nitrogens with zero attached hydrogens (tertiary/aromatic N) is 1. The summed E-state index contributed by atoms with van der Waals surface area (Å²) in [6, 6.07) is 10.8. The quantitative estimate of drug-likeness (QED) is 0.494. The molecule has 0 aliphatic heterocycles. The molecule has 3 rings (SSSR count). The van der Waals surface area contributed by atoms with Crippen molar-refractivity contribution in [2.75, 3.05) is 0 Å². The van der Waals surface area contributed by atoms with Crippen molar-refractivity contribution in [3.63, 3.8) is 0 Å². The minimum atomic E-state index is -0.684. The first-order chi connectivity index (χ1) is 13.7. The molecule has 7 nitrogen and oxygen atoms in total. The van der Waals surface area contributed by atoms with Gasteiger partial charge in [-0.1, -0.05) is 23.2 Å². The van der Waals surface area contributed by atoms with Gasteiger partial charge in [-0.05, 0) is 36.4 Å². The summed E-state index contributed by atoms with van der Waals surface area (Å²) in [7, 11) is 0. The molecule has 9 heteroatoms. The van der Waals surface area contributed by atoms with Gasteiger partial charge in [-0.25, -0.2) is 4.99 Å². The van der Waals surface area contributed by atoms with E-state index in [-0.39, 0.29) is 21.9 Å². The highest BCUT2D eigenvalue weighted by molar-refractivity contribution is 6.36. The van der Waals surface area contributed by atoms with Crippen molar-refractivity contribution in [3.8, 4) is 5.75 Å². The summed E-state index contributed by atoms with van der Waals surface area (Å²) in [5.74, 6) is -1.43. The Morgan fingerprint density at radius 3 is 2.45 bits per heavy atom. The van der Waals surface area contributed by atoms with Gasteiger partial charge in [0, 0.05) is 30.3 Å². The second-order valence-electron chi connectivity index (χ2n) is 5.98. The van der Waals surface area contributed by atoms with Crippen LogP contribution in [-0.2, 0) is 9.59 Å². The Balaban J connectivity index is 2.24. The van der Waals surface area contributed by atoms with Crippen molar-refractivity contribution in [2.24, 2.45) is 4.99 Å². The lowest BCUT2D eigenvalue weighted by Gasteiger charge is -2.07. The summed E-state index contributed by atoms with van der Waals surface area (Å²) in [6.07, 6.45) is 0. The maximum absolute atomic E-state index is 12.5. The third-order valence-electron chi connectivity index (χ3n) is 3.65. The fourth-order valence-electron chi connectivity index (χ4n) is 2.48. The predicted molar refractivity (Wildman–Crippen MR) is 107 cm³/mol. The first-order valence-corrected chi connectivity index (χ1v) is 9.06. The van der Waals surface area contributed by atoms with Crippen LogP contribution < -0.4 is 15.6 Å². The number of nitrogens with one attached hydrogen (secondary N) is 1. The third kappa shape index (κ3) is 5.01. The largest absolute Gasteiger partial charge is 0.437 e. The molecule has 1 heterocycles. The highest BCUT2D eigenvalue weighted by Crippen LogP contribution is 2.28. The number of rotatable bonds is 3. The molecular weight excluding hydrogens is 419 g/mol. The monoisotopic (exact) mass is 432 g/mol. The Morgan fingerprint density at radius 2 is 1.79 bits per heavy atom. The molecule has 0 saturated heterocycles. The maximum atomic E-state index is 12.5. The summed E-state index contributed by atoms with van der Waals surface area (Å²) >= 11 is 12.1. The first-order valence-electron chi connectivity index (χ1n) is 8.31. The average Bonchev–Trinajstić information content (AvgIpc) is 2.62. The van der Waals surface area contributed by atoms with Crippen molar-refractivity contribution in [2.45, 2.75) is 13.8 Å². The number of esters is 1. The summed E-state index contributed by atoms with van der Waals surface area (Å²) in [5.41, 5.74) is 0.568.